The van der Waals surface area contributed by atoms with Gasteiger partial charge in [0.05, 0.1) is 23.4 Å². The number of hydrogen-bond donors (Lipinski definition) is 2. The van der Waals surface area contributed by atoms with E-state index in [0.29, 0.717) is 41.1 Å². The minimum atomic E-state index is -0.601. The third-order valence-electron chi connectivity index (χ3n) is 10.8. The number of pyridine rings is 2. The van der Waals surface area contributed by atoms with Gasteiger partial charge < -0.3 is 20.1 Å². The number of ketones is 1. The highest BCUT2D eigenvalue weighted by atomic mass is 35.5. The second kappa shape index (κ2) is 17.7. The molecule has 2 aliphatic rings. The van der Waals surface area contributed by atoms with E-state index in [9.17, 15) is 19.5 Å². The van der Waals surface area contributed by atoms with Gasteiger partial charge in [-0.2, -0.15) is 0 Å². The second-order valence-electron chi connectivity index (χ2n) is 16.2. The molecule has 4 aromatic rings. The van der Waals surface area contributed by atoms with Gasteiger partial charge in [-0.3, -0.25) is 19.5 Å². The first kappa shape index (κ1) is 41.0. The zero-order valence-electron chi connectivity index (χ0n) is 33.5. The van der Waals surface area contributed by atoms with Gasteiger partial charge in [-0.25, -0.2) is 9.78 Å². The van der Waals surface area contributed by atoms with Gasteiger partial charge in [0.15, 0.2) is 5.78 Å². The van der Waals surface area contributed by atoms with Crippen LogP contribution in [0.3, 0.4) is 0 Å². The van der Waals surface area contributed by atoms with Gasteiger partial charge in [0, 0.05) is 49.5 Å². The number of aliphatic hydroxyl groups is 1. The monoisotopic (exact) mass is 779 g/mol. The molecule has 10 nitrogen and oxygen atoms in total. The molecule has 1 aliphatic heterocycles. The van der Waals surface area contributed by atoms with Gasteiger partial charge in [0.25, 0.3) is 5.91 Å². The Bertz CT molecular complexity index is 2070. The largest absolute Gasteiger partial charge is 0.444 e. The lowest BCUT2D eigenvalue weighted by atomic mass is 9.89. The predicted molar refractivity (Wildman–Crippen MR) is 220 cm³/mol. The van der Waals surface area contributed by atoms with E-state index in [1.165, 1.54) is 5.56 Å². The lowest BCUT2D eigenvalue weighted by Crippen LogP contribution is -2.42. The van der Waals surface area contributed by atoms with Crippen molar-refractivity contribution < 1.29 is 24.2 Å². The number of amides is 2. The van der Waals surface area contributed by atoms with Crippen molar-refractivity contribution in [3.8, 4) is 11.1 Å². The summed E-state index contributed by atoms with van der Waals surface area (Å²) in [5.41, 5.74) is 7.91. The Labute approximate surface area is 335 Å². The van der Waals surface area contributed by atoms with E-state index in [0.717, 1.165) is 85.1 Å². The smallest absolute Gasteiger partial charge is 0.410 e. The van der Waals surface area contributed by atoms with Gasteiger partial charge >= 0.3 is 6.09 Å². The molecule has 11 heteroatoms. The van der Waals surface area contributed by atoms with Crippen molar-refractivity contribution in [3.63, 3.8) is 0 Å². The molecule has 0 saturated heterocycles. The van der Waals surface area contributed by atoms with E-state index in [-0.39, 0.29) is 36.0 Å². The highest BCUT2D eigenvalue weighted by molar-refractivity contribution is 6.34. The molecule has 3 heterocycles. The molecule has 0 bridgehead atoms. The van der Waals surface area contributed by atoms with Gasteiger partial charge in [0.2, 0.25) is 0 Å². The number of fused-ring (bicyclic) bond motifs is 1. The Hall–Kier alpha value is -4.64. The number of benzene rings is 2. The Morgan fingerprint density at radius 1 is 1.00 bits per heavy atom. The van der Waals surface area contributed by atoms with Crippen LogP contribution in [0, 0.1) is 13.8 Å². The molecular formula is C45H54ClN5O5. The van der Waals surface area contributed by atoms with Crippen molar-refractivity contribution >= 4 is 35.1 Å². The van der Waals surface area contributed by atoms with E-state index < -0.39 is 5.60 Å². The molecule has 2 amide bonds. The molecule has 6 rings (SSSR count). The minimum Gasteiger partial charge on any atom is -0.444 e. The third kappa shape index (κ3) is 9.83. The molecule has 1 aliphatic carbocycles. The highest BCUT2D eigenvalue weighted by Gasteiger charge is 2.30. The number of nitrogens with one attached hydrogen (secondary N) is 1. The Balaban J connectivity index is 1.13. The quantitative estimate of drug-likeness (QED) is 0.145. The zero-order chi connectivity index (χ0) is 40.1. The Morgan fingerprint density at radius 3 is 2.43 bits per heavy atom. The summed E-state index contributed by atoms with van der Waals surface area (Å²) in [7, 11) is 0. The van der Waals surface area contributed by atoms with Crippen LogP contribution < -0.4 is 5.32 Å². The maximum Gasteiger partial charge on any atom is 0.410 e. The average molecular weight is 780 g/mol. The van der Waals surface area contributed by atoms with Crippen molar-refractivity contribution in [1.29, 1.82) is 0 Å². The SMILES string of the molecule is CCCN(Cc1ccc(C(=O)Nc2cccc(-c3cccc(CC(=O)c4cc(C)c5c(n4)CN(C4CCC(O)CC4)CC5)c3Cl)c2C)nc1)C(=O)OC(C)(C)C. The van der Waals surface area contributed by atoms with Gasteiger partial charge in [0.1, 0.15) is 17.0 Å². The van der Waals surface area contributed by atoms with Crippen LogP contribution in [-0.4, -0.2) is 73.5 Å². The first-order valence-electron chi connectivity index (χ1n) is 19.8. The summed E-state index contributed by atoms with van der Waals surface area (Å²) in [4.78, 5) is 53.3. The molecular weight excluding hydrogens is 726 g/mol. The van der Waals surface area contributed by atoms with Crippen LogP contribution in [0.25, 0.3) is 11.1 Å². The zero-order valence-corrected chi connectivity index (χ0v) is 34.2. The summed E-state index contributed by atoms with van der Waals surface area (Å²) < 4.78 is 5.57. The van der Waals surface area contributed by atoms with E-state index in [2.05, 4.69) is 22.1 Å². The lowest BCUT2D eigenvalue weighted by Gasteiger charge is -2.38. The van der Waals surface area contributed by atoms with E-state index in [4.69, 9.17) is 21.3 Å². The number of hydrogen-bond acceptors (Lipinski definition) is 8. The molecule has 296 valence electrons. The average Bonchev–Trinajstić information content (AvgIpc) is 3.16. The van der Waals surface area contributed by atoms with Crippen LogP contribution >= 0.6 is 11.6 Å². The summed E-state index contributed by atoms with van der Waals surface area (Å²) in [6.45, 7) is 14.0. The van der Waals surface area contributed by atoms with E-state index in [1.54, 1.807) is 23.2 Å². The fourth-order valence-corrected chi connectivity index (χ4v) is 8.08. The van der Waals surface area contributed by atoms with Crippen LogP contribution in [0.2, 0.25) is 5.02 Å². The molecule has 2 aromatic heterocycles. The molecule has 2 aromatic carbocycles. The van der Waals surface area contributed by atoms with Crippen molar-refractivity contribution in [2.45, 2.75) is 117 Å². The summed E-state index contributed by atoms with van der Waals surface area (Å²) >= 11 is 7.06. The molecule has 2 N–H and O–H groups in total. The number of halogens is 1. The van der Waals surface area contributed by atoms with Crippen molar-refractivity contribution in [2.24, 2.45) is 0 Å². The number of nitrogens with zero attached hydrogens (tertiary/aromatic N) is 4. The molecule has 1 fully saturated rings. The highest BCUT2D eigenvalue weighted by Crippen LogP contribution is 2.36. The van der Waals surface area contributed by atoms with Crippen LogP contribution in [0.5, 0.6) is 0 Å². The Morgan fingerprint density at radius 2 is 1.73 bits per heavy atom. The van der Waals surface area contributed by atoms with Crippen molar-refractivity contribution in [2.75, 3.05) is 18.4 Å². The second-order valence-corrected chi connectivity index (χ2v) is 16.6. The number of aryl methyl sites for hydroxylation is 1. The molecule has 0 atom stereocenters. The predicted octanol–water partition coefficient (Wildman–Crippen LogP) is 8.90. The summed E-state index contributed by atoms with van der Waals surface area (Å²) in [5, 5.41) is 13.5. The number of rotatable bonds is 11. The number of aliphatic hydroxyl groups excluding tert-OH is 1. The van der Waals surface area contributed by atoms with Crippen molar-refractivity contribution in [3.05, 3.63) is 111 Å². The third-order valence-corrected chi connectivity index (χ3v) is 11.2. The van der Waals surface area contributed by atoms with Crippen LogP contribution in [0.15, 0.2) is 60.8 Å². The maximum absolute atomic E-state index is 13.8. The Kier molecular flexibility index (Phi) is 12.9. The number of Topliss-reactive ketones (excluding diaryl/α,β-unsaturated/α-hetero) is 1. The van der Waals surface area contributed by atoms with Crippen LogP contribution in [0.1, 0.15) is 114 Å². The van der Waals surface area contributed by atoms with Crippen LogP contribution in [-0.2, 0) is 30.7 Å². The maximum atomic E-state index is 13.8. The molecule has 0 spiro atoms. The van der Waals surface area contributed by atoms with Gasteiger partial charge in [-0.1, -0.05) is 54.9 Å². The van der Waals surface area contributed by atoms with E-state index >= 15 is 0 Å². The number of carbonyl (C=O) groups excluding carboxylic acids is 3. The molecule has 0 unspecified atom stereocenters. The lowest BCUT2D eigenvalue weighted by molar-refractivity contribution is 0.0233. The summed E-state index contributed by atoms with van der Waals surface area (Å²) in [6, 6.07) is 17.1. The minimum absolute atomic E-state index is 0.0907. The number of ether oxygens (including phenoxy) is 1. The van der Waals surface area contributed by atoms with Gasteiger partial charge in [-0.15, -0.1) is 0 Å². The number of anilines is 1. The standard InChI is InChI=1S/C45H54ClN5O5/c1-7-21-51(44(55)56-45(4,5)6)26-30-14-19-38(47-25-30)43(54)49-37-13-9-11-35(29(37)3)36-12-8-10-31(42(36)46)24-41(53)39-23-28(2)34-20-22-50(27-40(34)48-39)32-15-17-33(52)18-16-32/h8-14,19,23,25,32-33,52H,7,15-18,20-22,24,26-27H2,1-6H3,(H,49,54). The fourth-order valence-electron chi connectivity index (χ4n) is 7.78. The van der Waals surface area contributed by atoms with Crippen LogP contribution in [0.4, 0.5) is 10.5 Å². The molecule has 0 radical (unpaired) electrons. The van der Waals surface area contributed by atoms with Crippen molar-refractivity contribution in [1.82, 2.24) is 19.8 Å². The number of aromatic nitrogens is 2. The van der Waals surface area contributed by atoms with E-state index in [1.807, 2.05) is 77.1 Å². The normalized spacial score (nSPS) is 17.2. The number of carbonyl (C=O) groups is 3. The first-order valence-corrected chi connectivity index (χ1v) is 20.1. The first-order chi connectivity index (χ1) is 26.7. The van der Waals surface area contributed by atoms with Gasteiger partial charge in [-0.05, 0) is 125 Å². The summed E-state index contributed by atoms with van der Waals surface area (Å²) in [6.07, 6.45) is 6.46. The topological polar surface area (TPSA) is 125 Å². The molecule has 1 saturated carbocycles. The fraction of sp³-hybridized carbons (Fsp3) is 0.444. The summed E-state index contributed by atoms with van der Waals surface area (Å²) in [5.74, 6) is -0.458. The molecule has 56 heavy (non-hydrogen) atoms.